The lowest BCUT2D eigenvalue weighted by molar-refractivity contribution is 0.579. The monoisotopic (exact) mass is 298 g/mol. The lowest BCUT2D eigenvalue weighted by Gasteiger charge is -1.94. The van der Waals surface area contributed by atoms with Crippen LogP contribution in [0.4, 0.5) is 4.20 Å². The largest absolute Gasteiger partial charge is 0.436 e. The zero-order valence-corrected chi connectivity index (χ0v) is 8.77. The minimum atomic E-state index is -3.85. The van der Waals surface area contributed by atoms with E-state index in [0.29, 0.717) is 6.69 Å². The summed E-state index contributed by atoms with van der Waals surface area (Å²) in [5.74, 6) is 0. The average molecular weight is 298 g/mol. The number of rotatable bonds is 2. The van der Waals surface area contributed by atoms with Gasteiger partial charge in [0, 0.05) is 28.3 Å². The van der Waals surface area contributed by atoms with Gasteiger partial charge in [-0.25, -0.2) is 8.42 Å². The molecule has 0 aliphatic carbocycles. The fourth-order valence-electron chi connectivity index (χ4n) is 0.142. The first kappa shape index (κ1) is 10.9. The number of hydrogen-bond acceptors (Lipinski definition) is 3. The SMILES string of the molecule is CS(=O)(=O)[B]N=P(O)(F)I. The molecular formula is CH4BFINO3PS. The van der Waals surface area contributed by atoms with Crippen molar-refractivity contribution < 1.29 is 17.5 Å². The van der Waals surface area contributed by atoms with Crippen LogP contribution in [0.2, 0.25) is 0 Å². The summed E-state index contributed by atoms with van der Waals surface area (Å²) in [5, 5.41) is -3.85. The Morgan fingerprint density at radius 1 is 1.80 bits per heavy atom. The maximum atomic E-state index is 12.1. The van der Waals surface area contributed by atoms with E-state index in [1.807, 2.05) is 0 Å². The van der Waals surface area contributed by atoms with E-state index in [2.05, 4.69) is 4.66 Å². The molecule has 1 radical (unpaired) electrons. The third-order valence-corrected chi connectivity index (χ3v) is 2.16. The molecule has 0 aromatic heterocycles. The first-order chi connectivity index (χ1) is 4.21. The van der Waals surface area contributed by atoms with E-state index in [1.54, 1.807) is 0 Å². The van der Waals surface area contributed by atoms with Gasteiger partial charge in [0.2, 0.25) is 0 Å². The van der Waals surface area contributed by atoms with Crippen molar-refractivity contribution in [3.05, 3.63) is 0 Å². The average Bonchev–Trinajstić information content (AvgIpc) is 1.57. The number of nitrogens with zero attached hydrogens (tertiary/aromatic N) is 1. The van der Waals surface area contributed by atoms with Crippen molar-refractivity contribution in [1.29, 1.82) is 0 Å². The quantitative estimate of drug-likeness (QED) is 0.468. The highest BCUT2D eigenvalue weighted by atomic mass is 127. The third kappa shape index (κ3) is 8.86. The molecule has 0 saturated carbocycles. The van der Waals surface area contributed by atoms with E-state index in [9.17, 15) is 12.6 Å². The van der Waals surface area contributed by atoms with Crippen molar-refractivity contribution in [1.82, 2.24) is 0 Å². The van der Waals surface area contributed by atoms with E-state index in [0.717, 1.165) is 28.3 Å². The van der Waals surface area contributed by atoms with Crippen LogP contribution < -0.4 is 0 Å². The smallest absolute Gasteiger partial charge is 0.330 e. The van der Waals surface area contributed by atoms with Gasteiger partial charge < -0.3 is 4.89 Å². The van der Waals surface area contributed by atoms with Crippen molar-refractivity contribution >= 4 is 43.7 Å². The van der Waals surface area contributed by atoms with Gasteiger partial charge in [-0.05, 0) is 0 Å². The first-order valence-electron chi connectivity index (χ1n) is 1.97. The molecule has 10 heavy (non-hydrogen) atoms. The second-order valence-electron chi connectivity index (χ2n) is 1.51. The second kappa shape index (κ2) is 3.51. The van der Waals surface area contributed by atoms with Crippen LogP contribution >= 0.6 is 27.3 Å². The standard InChI is InChI=1S/CH4BFINO3PS/c1-10(7,8)2-5-9(3,4)6/h6H,1H3. The summed E-state index contributed by atoms with van der Waals surface area (Å²) < 4.78 is 35.4. The number of halogens is 2. The Kier molecular flexibility index (Phi) is 3.81. The number of hydrogen-bond donors (Lipinski definition) is 1. The highest BCUT2D eigenvalue weighted by Gasteiger charge is 2.11. The van der Waals surface area contributed by atoms with E-state index >= 15 is 0 Å². The lowest BCUT2D eigenvalue weighted by atomic mass is 10.5. The molecule has 59 valence electrons. The molecule has 4 nitrogen and oxygen atoms in total. The summed E-state index contributed by atoms with van der Waals surface area (Å²) in [5.41, 5.74) is 0. The van der Waals surface area contributed by atoms with Gasteiger partial charge in [0.05, 0.1) is 0 Å². The third-order valence-electron chi connectivity index (χ3n) is 0.378. The molecule has 0 aromatic carbocycles. The Bertz CT molecular complexity index is 249. The van der Waals surface area contributed by atoms with Crippen LogP contribution in [0.1, 0.15) is 0 Å². The van der Waals surface area contributed by atoms with Gasteiger partial charge in [0.15, 0.2) is 0 Å². The Morgan fingerprint density at radius 2 is 2.20 bits per heavy atom. The predicted molar refractivity (Wildman–Crippen MR) is 47.3 cm³/mol. The maximum absolute atomic E-state index is 12.1. The molecule has 1 unspecified atom stereocenters. The normalized spacial score (nSPS) is 17.6. The minimum Gasteiger partial charge on any atom is -0.330 e. The summed E-state index contributed by atoms with van der Waals surface area (Å²) in [6.45, 7) is 0.410. The molecule has 0 spiro atoms. The first-order valence-corrected chi connectivity index (χ1v) is 8.30. The van der Waals surface area contributed by atoms with E-state index in [-0.39, 0.29) is 0 Å². The summed E-state index contributed by atoms with van der Waals surface area (Å²) in [7, 11) is -3.43. The van der Waals surface area contributed by atoms with Gasteiger partial charge in [0.25, 0.3) is 5.23 Å². The van der Waals surface area contributed by atoms with Gasteiger partial charge in [-0.3, -0.25) is 4.66 Å². The Hall–Kier alpha value is 0.865. The summed E-state index contributed by atoms with van der Waals surface area (Å²) in [6, 6.07) is 0. The zero-order valence-electron chi connectivity index (χ0n) is 4.90. The molecule has 0 aliphatic rings. The molecular weight excluding hydrogens is 294 g/mol. The molecule has 9 heteroatoms. The van der Waals surface area contributed by atoms with Gasteiger partial charge in [-0.2, -0.15) is 4.20 Å². The summed E-state index contributed by atoms with van der Waals surface area (Å²) in [6.07, 6.45) is 0.864. The Morgan fingerprint density at radius 3 is 2.30 bits per heavy atom. The molecule has 0 heterocycles. The van der Waals surface area contributed by atoms with E-state index in [1.165, 1.54) is 0 Å². The molecule has 1 N–H and O–H groups in total. The summed E-state index contributed by atoms with van der Waals surface area (Å²) >= 11 is 1.05. The van der Waals surface area contributed by atoms with Crippen LogP contribution in [0, 0.1) is 0 Å². The zero-order chi connectivity index (χ0) is 8.41. The molecule has 0 fully saturated rings. The van der Waals surface area contributed by atoms with E-state index in [4.69, 9.17) is 4.89 Å². The molecule has 0 saturated heterocycles. The molecule has 0 aromatic rings. The van der Waals surface area contributed by atoms with Crippen LogP contribution in [0.5, 0.6) is 0 Å². The highest BCUT2D eigenvalue weighted by molar-refractivity contribution is 14.2. The van der Waals surface area contributed by atoms with Crippen LogP contribution in [0.15, 0.2) is 4.66 Å². The van der Waals surface area contributed by atoms with E-state index < -0.39 is 14.9 Å². The van der Waals surface area contributed by atoms with Gasteiger partial charge in [0.1, 0.15) is 9.69 Å². The molecule has 0 rings (SSSR count). The van der Waals surface area contributed by atoms with Crippen molar-refractivity contribution in [2.75, 3.05) is 6.26 Å². The molecule has 0 bridgehead atoms. The van der Waals surface area contributed by atoms with Gasteiger partial charge in [-0.1, -0.05) is 0 Å². The minimum absolute atomic E-state index is 0.410. The van der Waals surface area contributed by atoms with Crippen molar-refractivity contribution in [2.24, 2.45) is 4.66 Å². The van der Waals surface area contributed by atoms with Crippen LogP contribution in [0.25, 0.3) is 0 Å². The maximum Gasteiger partial charge on any atom is 0.436 e. The fourth-order valence-corrected chi connectivity index (χ4v) is 2.20. The Labute approximate surface area is 72.0 Å². The lowest BCUT2D eigenvalue weighted by Crippen LogP contribution is -2.03. The van der Waals surface area contributed by atoms with Crippen LogP contribution in [0.3, 0.4) is 0 Å². The van der Waals surface area contributed by atoms with Crippen molar-refractivity contribution in [2.45, 2.75) is 0 Å². The van der Waals surface area contributed by atoms with Crippen LogP contribution in [-0.2, 0) is 9.69 Å². The predicted octanol–water partition coefficient (Wildman–Crippen LogP) is 0.908. The molecule has 1 atom stereocenters. The molecule has 0 aliphatic heterocycles. The highest BCUT2D eigenvalue weighted by Crippen LogP contribution is 2.55. The fraction of sp³-hybridized carbons (Fsp3) is 1.00. The molecule has 0 amide bonds. The van der Waals surface area contributed by atoms with Crippen LogP contribution in [-0.4, -0.2) is 26.3 Å². The summed E-state index contributed by atoms with van der Waals surface area (Å²) in [4.78, 5) is 8.35. The van der Waals surface area contributed by atoms with Crippen molar-refractivity contribution in [3.8, 4) is 0 Å². The van der Waals surface area contributed by atoms with Gasteiger partial charge >= 0.3 is 6.69 Å². The topological polar surface area (TPSA) is 66.7 Å². The van der Waals surface area contributed by atoms with Gasteiger partial charge in [-0.15, -0.1) is 0 Å². The Balaban J connectivity index is 4.27. The second-order valence-corrected chi connectivity index (χ2v) is 8.20. The van der Waals surface area contributed by atoms with Crippen molar-refractivity contribution in [3.63, 3.8) is 0 Å².